The summed E-state index contributed by atoms with van der Waals surface area (Å²) in [6.07, 6.45) is 10.0. The summed E-state index contributed by atoms with van der Waals surface area (Å²) in [6, 6.07) is 0.597. The summed E-state index contributed by atoms with van der Waals surface area (Å²) in [7, 11) is 0. The molecule has 0 aromatic heterocycles. The van der Waals surface area contributed by atoms with Crippen molar-refractivity contribution in [2.75, 3.05) is 0 Å². The van der Waals surface area contributed by atoms with Crippen molar-refractivity contribution in [2.24, 2.45) is 5.92 Å². The van der Waals surface area contributed by atoms with E-state index in [0.717, 1.165) is 0 Å². The van der Waals surface area contributed by atoms with E-state index in [4.69, 9.17) is 0 Å². The number of rotatable bonds is 4. The lowest BCUT2D eigenvalue weighted by Gasteiger charge is -2.21. The Kier molecular flexibility index (Phi) is 4.71. The van der Waals surface area contributed by atoms with Crippen molar-refractivity contribution in [2.45, 2.75) is 52.0 Å². The molecule has 0 amide bonds. The molecule has 1 rings (SSSR count). The molecule has 80 valence electrons. The number of hydrogen-bond acceptors (Lipinski definition) is 2. The largest absolute Gasteiger partial charge is 0.388 e. The van der Waals surface area contributed by atoms with Gasteiger partial charge in [-0.1, -0.05) is 33.1 Å². The molecule has 1 saturated carbocycles. The summed E-state index contributed by atoms with van der Waals surface area (Å²) in [6.45, 7) is 3.85. The van der Waals surface area contributed by atoms with E-state index in [-0.39, 0.29) is 11.7 Å². The van der Waals surface area contributed by atoms with Crippen molar-refractivity contribution in [3.8, 4) is 0 Å². The molecule has 0 atom stereocenters. The first-order chi connectivity index (χ1) is 6.70. The molecular formula is C12H21NO. The van der Waals surface area contributed by atoms with Gasteiger partial charge in [-0.15, -0.1) is 0 Å². The third kappa shape index (κ3) is 3.95. The van der Waals surface area contributed by atoms with E-state index in [9.17, 15) is 4.79 Å². The molecule has 0 aromatic carbocycles. The van der Waals surface area contributed by atoms with Crippen molar-refractivity contribution < 1.29 is 4.79 Å². The SMILES string of the molecule is CC(C)C(=O)/C=C/NC1CCCCC1. The van der Waals surface area contributed by atoms with Crippen molar-refractivity contribution in [1.29, 1.82) is 0 Å². The van der Waals surface area contributed by atoms with Crippen LogP contribution < -0.4 is 5.32 Å². The van der Waals surface area contributed by atoms with Crippen LogP contribution in [-0.2, 0) is 4.79 Å². The van der Waals surface area contributed by atoms with Gasteiger partial charge in [0.1, 0.15) is 0 Å². The van der Waals surface area contributed by atoms with Crippen LogP contribution in [0.5, 0.6) is 0 Å². The first kappa shape index (κ1) is 11.3. The van der Waals surface area contributed by atoms with Crippen molar-refractivity contribution in [1.82, 2.24) is 5.32 Å². The summed E-state index contributed by atoms with van der Waals surface area (Å²) in [5, 5.41) is 3.31. The van der Waals surface area contributed by atoms with Gasteiger partial charge in [-0.3, -0.25) is 4.79 Å². The number of nitrogens with one attached hydrogen (secondary N) is 1. The Morgan fingerprint density at radius 1 is 1.29 bits per heavy atom. The van der Waals surface area contributed by atoms with Crippen molar-refractivity contribution >= 4 is 5.78 Å². The first-order valence-electron chi connectivity index (χ1n) is 5.66. The van der Waals surface area contributed by atoms with Gasteiger partial charge in [0, 0.05) is 18.2 Å². The number of carbonyl (C=O) groups is 1. The highest BCUT2D eigenvalue weighted by molar-refractivity contribution is 5.90. The lowest BCUT2D eigenvalue weighted by Crippen LogP contribution is -2.26. The second kappa shape index (κ2) is 5.84. The van der Waals surface area contributed by atoms with Gasteiger partial charge in [0.05, 0.1) is 0 Å². The van der Waals surface area contributed by atoms with Gasteiger partial charge in [-0.05, 0) is 18.9 Å². The number of ketones is 1. The molecule has 2 heteroatoms. The molecule has 0 unspecified atom stereocenters. The molecule has 1 N–H and O–H groups in total. The van der Waals surface area contributed by atoms with Gasteiger partial charge in [0.15, 0.2) is 5.78 Å². The molecule has 1 fully saturated rings. The first-order valence-corrected chi connectivity index (χ1v) is 5.66. The second-order valence-corrected chi connectivity index (χ2v) is 4.39. The minimum absolute atomic E-state index is 0.111. The average Bonchev–Trinajstić information content (AvgIpc) is 2.19. The zero-order valence-electron chi connectivity index (χ0n) is 9.25. The van der Waals surface area contributed by atoms with Crippen LogP contribution in [0.25, 0.3) is 0 Å². The molecule has 14 heavy (non-hydrogen) atoms. The van der Waals surface area contributed by atoms with Crippen LogP contribution in [0, 0.1) is 5.92 Å². The highest BCUT2D eigenvalue weighted by Crippen LogP contribution is 2.17. The van der Waals surface area contributed by atoms with Crippen molar-refractivity contribution in [3.05, 3.63) is 12.3 Å². The summed E-state index contributed by atoms with van der Waals surface area (Å²) in [5.74, 6) is 0.313. The zero-order chi connectivity index (χ0) is 10.4. The third-order valence-electron chi connectivity index (χ3n) is 2.75. The van der Waals surface area contributed by atoms with E-state index in [1.807, 2.05) is 20.0 Å². The van der Waals surface area contributed by atoms with Crippen LogP contribution in [0.4, 0.5) is 0 Å². The Morgan fingerprint density at radius 3 is 2.50 bits per heavy atom. The van der Waals surface area contributed by atoms with E-state index in [1.165, 1.54) is 32.1 Å². The van der Waals surface area contributed by atoms with Gasteiger partial charge < -0.3 is 5.32 Å². The predicted molar refractivity (Wildman–Crippen MR) is 59.0 cm³/mol. The van der Waals surface area contributed by atoms with Gasteiger partial charge in [0.2, 0.25) is 0 Å². The molecule has 0 saturated heterocycles. The van der Waals surface area contributed by atoms with Gasteiger partial charge >= 0.3 is 0 Å². The maximum absolute atomic E-state index is 11.3. The lowest BCUT2D eigenvalue weighted by atomic mass is 9.96. The number of allylic oxidation sites excluding steroid dienone is 1. The fourth-order valence-corrected chi connectivity index (χ4v) is 1.73. The van der Waals surface area contributed by atoms with Crippen LogP contribution in [0.1, 0.15) is 46.0 Å². The highest BCUT2D eigenvalue weighted by atomic mass is 16.1. The maximum Gasteiger partial charge on any atom is 0.159 e. The molecule has 2 nitrogen and oxygen atoms in total. The van der Waals surface area contributed by atoms with Crippen molar-refractivity contribution in [3.63, 3.8) is 0 Å². The highest BCUT2D eigenvalue weighted by Gasteiger charge is 2.10. The molecule has 0 aliphatic heterocycles. The monoisotopic (exact) mass is 195 g/mol. The zero-order valence-corrected chi connectivity index (χ0v) is 9.25. The summed E-state index contributed by atoms with van der Waals surface area (Å²) in [5.41, 5.74) is 0. The third-order valence-corrected chi connectivity index (χ3v) is 2.75. The Morgan fingerprint density at radius 2 is 1.93 bits per heavy atom. The van der Waals surface area contributed by atoms with Crippen LogP contribution >= 0.6 is 0 Å². The maximum atomic E-state index is 11.3. The topological polar surface area (TPSA) is 29.1 Å². The molecule has 0 spiro atoms. The number of carbonyl (C=O) groups excluding carboxylic acids is 1. The molecule has 0 bridgehead atoms. The van der Waals surface area contributed by atoms with Crippen LogP contribution in [0.3, 0.4) is 0 Å². The Bertz CT molecular complexity index is 202. The molecule has 0 aromatic rings. The summed E-state index contributed by atoms with van der Waals surface area (Å²) >= 11 is 0. The van der Waals surface area contributed by atoms with E-state index in [0.29, 0.717) is 6.04 Å². The lowest BCUT2D eigenvalue weighted by molar-refractivity contribution is -0.117. The minimum atomic E-state index is 0.111. The second-order valence-electron chi connectivity index (χ2n) is 4.39. The van der Waals surface area contributed by atoms with E-state index in [2.05, 4.69) is 5.32 Å². The fourth-order valence-electron chi connectivity index (χ4n) is 1.73. The van der Waals surface area contributed by atoms with Gasteiger partial charge in [0.25, 0.3) is 0 Å². The van der Waals surface area contributed by atoms with Gasteiger partial charge in [-0.2, -0.15) is 0 Å². The summed E-state index contributed by atoms with van der Waals surface area (Å²) in [4.78, 5) is 11.3. The average molecular weight is 195 g/mol. The Hall–Kier alpha value is -0.790. The van der Waals surface area contributed by atoms with E-state index >= 15 is 0 Å². The normalized spacial score (nSPS) is 19.1. The van der Waals surface area contributed by atoms with Crippen LogP contribution in [0.15, 0.2) is 12.3 Å². The van der Waals surface area contributed by atoms with E-state index in [1.54, 1.807) is 6.08 Å². The number of hydrogen-bond donors (Lipinski definition) is 1. The molecule has 0 heterocycles. The Balaban J connectivity index is 2.21. The predicted octanol–water partition coefficient (Wildman–Crippen LogP) is 2.65. The molecule has 1 aliphatic rings. The minimum Gasteiger partial charge on any atom is -0.388 e. The van der Waals surface area contributed by atoms with Crippen LogP contribution in [0.2, 0.25) is 0 Å². The van der Waals surface area contributed by atoms with Crippen LogP contribution in [-0.4, -0.2) is 11.8 Å². The fraction of sp³-hybridized carbons (Fsp3) is 0.750. The molecule has 0 radical (unpaired) electrons. The van der Waals surface area contributed by atoms with Gasteiger partial charge in [-0.25, -0.2) is 0 Å². The standard InChI is InChI=1S/C12H21NO/c1-10(2)12(14)8-9-13-11-6-4-3-5-7-11/h8-11,13H,3-7H2,1-2H3/b9-8+. The van der Waals surface area contributed by atoms with E-state index < -0.39 is 0 Å². The smallest absolute Gasteiger partial charge is 0.159 e. The Labute approximate surface area is 86.8 Å². The molecular weight excluding hydrogens is 174 g/mol. The summed E-state index contributed by atoms with van der Waals surface area (Å²) < 4.78 is 0. The molecule has 1 aliphatic carbocycles. The quantitative estimate of drug-likeness (QED) is 0.699.